The van der Waals surface area contributed by atoms with E-state index in [1.165, 1.54) is 89.1 Å². The van der Waals surface area contributed by atoms with Crippen LogP contribution in [0, 0.1) is 0 Å². The van der Waals surface area contributed by atoms with Gasteiger partial charge < -0.3 is 4.43 Å². The molecule has 0 aliphatic heterocycles. The largest absolute Gasteiger partial charge is 0.420 e. The van der Waals surface area contributed by atoms with Gasteiger partial charge in [-0.2, -0.15) is 0 Å². The highest BCUT2D eigenvalue weighted by Gasteiger charge is 2.10. The third kappa shape index (κ3) is 14.4. The molecule has 0 bridgehead atoms. The summed E-state index contributed by atoms with van der Waals surface area (Å²) in [5.74, 6) is 0. The van der Waals surface area contributed by atoms with E-state index in [2.05, 4.69) is 13.8 Å². The van der Waals surface area contributed by atoms with E-state index < -0.39 is 9.04 Å². The summed E-state index contributed by atoms with van der Waals surface area (Å²) in [5, 5.41) is 0. The van der Waals surface area contributed by atoms with Crippen LogP contribution in [-0.4, -0.2) is 16.2 Å². The number of rotatable bonds is 15. The van der Waals surface area contributed by atoms with Crippen molar-refractivity contribution in [3.05, 3.63) is 0 Å². The maximum Gasteiger partial charge on any atom is 0.210 e. The van der Waals surface area contributed by atoms with Crippen molar-refractivity contribution >= 4 is 9.04 Å². The summed E-state index contributed by atoms with van der Waals surface area (Å²) in [6, 6.07) is 2.75. The zero-order valence-electron chi connectivity index (χ0n) is 13.8. The van der Waals surface area contributed by atoms with Crippen molar-refractivity contribution in [1.29, 1.82) is 0 Å². The molecule has 0 saturated carbocycles. The van der Waals surface area contributed by atoms with Gasteiger partial charge in [-0.1, -0.05) is 90.9 Å². The van der Waals surface area contributed by atoms with E-state index in [0.29, 0.717) is 0 Å². The summed E-state index contributed by atoms with van der Waals surface area (Å²) in [6.45, 7) is 4.57. The first-order chi connectivity index (χ1) is 9.35. The van der Waals surface area contributed by atoms with Crippen molar-refractivity contribution < 1.29 is 4.43 Å². The van der Waals surface area contributed by atoms with Crippen molar-refractivity contribution in [2.24, 2.45) is 0 Å². The highest BCUT2D eigenvalue weighted by Crippen LogP contribution is 2.15. The van der Waals surface area contributed by atoms with E-state index in [0.717, 1.165) is 0 Å². The zero-order chi connectivity index (χ0) is 14.2. The summed E-state index contributed by atoms with van der Waals surface area (Å²) in [5.41, 5.74) is 0. The summed E-state index contributed by atoms with van der Waals surface area (Å²) < 4.78 is 5.71. The quantitative estimate of drug-likeness (QED) is 0.252. The predicted octanol–water partition coefficient (Wildman–Crippen LogP) is 6.35. The van der Waals surface area contributed by atoms with Crippen LogP contribution >= 0.6 is 0 Å². The van der Waals surface area contributed by atoms with Crippen molar-refractivity contribution in [2.45, 2.75) is 103 Å². The molecule has 0 heterocycles. The lowest BCUT2D eigenvalue weighted by Gasteiger charge is -2.12. The van der Waals surface area contributed by atoms with Gasteiger partial charge in [-0.25, -0.2) is 0 Å². The minimum atomic E-state index is -0.469. The second kappa shape index (κ2) is 16.2. The molecule has 1 radical (unpaired) electrons. The fourth-order valence-electron chi connectivity index (χ4n) is 2.53. The summed E-state index contributed by atoms with van der Waals surface area (Å²) >= 11 is 0. The van der Waals surface area contributed by atoms with Crippen LogP contribution in [0.4, 0.5) is 0 Å². The lowest BCUT2D eigenvalue weighted by atomic mass is 10.1. The second-order valence-electron chi connectivity index (χ2n) is 5.78. The minimum absolute atomic E-state index is 0.469. The first-order valence-corrected chi connectivity index (χ1v) is 10.6. The molecule has 0 atom stereocenters. The molecule has 2 heteroatoms. The average molecular weight is 286 g/mol. The Bertz CT molecular complexity index is 145. The van der Waals surface area contributed by atoms with Crippen LogP contribution < -0.4 is 0 Å². The molecule has 19 heavy (non-hydrogen) atoms. The Kier molecular flexibility index (Phi) is 16.4. The summed E-state index contributed by atoms with van der Waals surface area (Å²) in [6.07, 6.45) is 16.9. The molecule has 0 aliphatic carbocycles. The normalized spacial score (nSPS) is 11.4. The smallest absolute Gasteiger partial charge is 0.210 e. The SMILES string of the molecule is CCCCCCCC[Si](CCCCCCCC)OC. The molecule has 0 saturated heterocycles. The van der Waals surface area contributed by atoms with Gasteiger partial charge in [-0.3, -0.25) is 0 Å². The maximum atomic E-state index is 5.71. The minimum Gasteiger partial charge on any atom is -0.420 e. The molecular weight excluding hydrogens is 248 g/mol. The standard InChI is InChI=1S/C17H37OSi/c1-4-6-8-10-12-14-16-19(18-3)17-15-13-11-9-7-5-2/h4-17H2,1-3H3. The van der Waals surface area contributed by atoms with Crippen LogP contribution in [0.1, 0.15) is 90.9 Å². The van der Waals surface area contributed by atoms with Gasteiger partial charge >= 0.3 is 0 Å². The predicted molar refractivity (Wildman–Crippen MR) is 89.1 cm³/mol. The molecule has 0 rings (SSSR count). The van der Waals surface area contributed by atoms with Crippen molar-refractivity contribution in [2.75, 3.05) is 7.11 Å². The number of hydrogen-bond acceptors (Lipinski definition) is 1. The Morgan fingerprint density at radius 2 is 0.947 bits per heavy atom. The molecule has 0 spiro atoms. The molecule has 0 aromatic heterocycles. The topological polar surface area (TPSA) is 9.23 Å². The molecule has 0 aromatic carbocycles. The number of unbranched alkanes of at least 4 members (excludes halogenated alkanes) is 10. The van der Waals surface area contributed by atoms with Gasteiger partial charge in [0.1, 0.15) is 0 Å². The van der Waals surface area contributed by atoms with Crippen LogP contribution in [-0.2, 0) is 4.43 Å². The molecule has 0 unspecified atom stereocenters. The van der Waals surface area contributed by atoms with Gasteiger partial charge in [0.2, 0.25) is 9.04 Å². The molecule has 0 fully saturated rings. The van der Waals surface area contributed by atoms with Crippen molar-refractivity contribution in [3.63, 3.8) is 0 Å². The Morgan fingerprint density at radius 1 is 0.579 bits per heavy atom. The first-order valence-electron chi connectivity index (χ1n) is 8.73. The van der Waals surface area contributed by atoms with Crippen LogP contribution in [0.5, 0.6) is 0 Å². The average Bonchev–Trinajstić information content (AvgIpc) is 2.44. The third-order valence-corrected chi connectivity index (χ3v) is 6.31. The van der Waals surface area contributed by atoms with E-state index in [1.807, 2.05) is 7.11 Å². The van der Waals surface area contributed by atoms with E-state index >= 15 is 0 Å². The Morgan fingerprint density at radius 3 is 1.32 bits per heavy atom. The van der Waals surface area contributed by atoms with Crippen molar-refractivity contribution in [3.8, 4) is 0 Å². The highest BCUT2D eigenvalue weighted by atomic mass is 28.3. The van der Waals surface area contributed by atoms with E-state index in [4.69, 9.17) is 4.43 Å². The van der Waals surface area contributed by atoms with E-state index in [9.17, 15) is 0 Å². The van der Waals surface area contributed by atoms with E-state index in [-0.39, 0.29) is 0 Å². The molecule has 0 N–H and O–H groups in total. The third-order valence-electron chi connectivity index (χ3n) is 3.91. The van der Waals surface area contributed by atoms with Gasteiger partial charge in [0.25, 0.3) is 0 Å². The lowest BCUT2D eigenvalue weighted by molar-refractivity contribution is 0.412. The molecule has 1 nitrogen and oxygen atoms in total. The van der Waals surface area contributed by atoms with Gasteiger partial charge in [0.05, 0.1) is 0 Å². The summed E-state index contributed by atoms with van der Waals surface area (Å²) in [4.78, 5) is 0. The van der Waals surface area contributed by atoms with Gasteiger partial charge in [0, 0.05) is 7.11 Å². The number of hydrogen-bond donors (Lipinski definition) is 0. The fourth-order valence-corrected chi connectivity index (χ4v) is 4.48. The Hall–Kier alpha value is 0.177. The van der Waals surface area contributed by atoms with Gasteiger partial charge in [0.15, 0.2) is 0 Å². The van der Waals surface area contributed by atoms with Gasteiger partial charge in [-0.15, -0.1) is 0 Å². The van der Waals surface area contributed by atoms with Crippen LogP contribution in [0.3, 0.4) is 0 Å². The lowest BCUT2D eigenvalue weighted by Crippen LogP contribution is -2.15. The van der Waals surface area contributed by atoms with Crippen molar-refractivity contribution in [1.82, 2.24) is 0 Å². The fraction of sp³-hybridized carbons (Fsp3) is 1.00. The van der Waals surface area contributed by atoms with Crippen LogP contribution in [0.25, 0.3) is 0 Å². The molecule has 0 aromatic rings. The monoisotopic (exact) mass is 285 g/mol. The molecule has 0 amide bonds. The van der Waals surface area contributed by atoms with E-state index in [1.54, 1.807) is 0 Å². The van der Waals surface area contributed by atoms with Crippen LogP contribution in [0.2, 0.25) is 12.1 Å². The first kappa shape index (κ1) is 19.2. The Labute approximate surface area is 124 Å². The Balaban J connectivity index is 3.30. The zero-order valence-corrected chi connectivity index (χ0v) is 14.8. The molecule has 115 valence electrons. The van der Waals surface area contributed by atoms with Crippen LogP contribution in [0.15, 0.2) is 0 Å². The molecule has 0 aliphatic rings. The highest BCUT2D eigenvalue weighted by molar-refractivity contribution is 6.51. The van der Waals surface area contributed by atoms with Gasteiger partial charge in [-0.05, 0) is 12.1 Å². The molecular formula is C17H37OSi. The second-order valence-corrected chi connectivity index (χ2v) is 8.26. The maximum absolute atomic E-state index is 5.71. The summed E-state index contributed by atoms with van der Waals surface area (Å²) in [7, 11) is 1.46.